The molecule has 54 valence electrons. The van der Waals surface area contributed by atoms with Crippen LogP contribution in [0.5, 0.6) is 0 Å². The number of ether oxygens (including phenoxy) is 1. The van der Waals surface area contributed by atoms with E-state index in [1.807, 2.05) is 24.3 Å². The van der Waals surface area contributed by atoms with Crippen LogP contribution in [-0.4, -0.2) is 17.9 Å². The van der Waals surface area contributed by atoms with E-state index in [1.54, 1.807) is 0 Å². The number of nitrogens with two attached hydrogens (primary N) is 2. The van der Waals surface area contributed by atoms with E-state index in [4.69, 9.17) is 16.2 Å². The molecule has 0 saturated carbocycles. The van der Waals surface area contributed by atoms with Crippen molar-refractivity contribution >= 4 is 0 Å². The van der Waals surface area contributed by atoms with Gasteiger partial charge in [-0.15, -0.1) is 0 Å². The molecular formula is C7H10N2O. The van der Waals surface area contributed by atoms with Crippen LogP contribution in [0, 0.1) is 0 Å². The molecule has 2 unspecified atom stereocenters. The van der Waals surface area contributed by atoms with E-state index in [1.165, 1.54) is 0 Å². The van der Waals surface area contributed by atoms with Crippen molar-refractivity contribution in [2.24, 2.45) is 11.5 Å². The molecule has 2 aliphatic rings. The zero-order valence-electron chi connectivity index (χ0n) is 5.53. The summed E-state index contributed by atoms with van der Waals surface area (Å²) in [6.07, 6.45) is 7.46. The lowest BCUT2D eigenvalue weighted by atomic mass is 9.98. The predicted molar refractivity (Wildman–Crippen MR) is 38.0 cm³/mol. The van der Waals surface area contributed by atoms with Crippen molar-refractivity contribution in [2.45, 2.75) is 17.9 Å². The lowest BCUT2D eigenvalue weighted by molar-refractivity contribution is 0.307. The summed E-state index contributed by atoms with van der Waals surface area (Å²) in [5.41, 5.74) is 10.7. The van der Waals surface area contributed by atoms with E-state index in [-0.39, 0.29) is 11.7 Å². The van der Waals surface area contributed by atoms with Gasteiger partial charge in [-0.2, -0.15) is 0 Å². The SMILES string of the molecule is NC(N)C12C=CC=CC1O2. The van der Waals surface area contributed by atoms with E-state index in [0.29, 0.717) is 0 Å². The van der Waals surface area contributed by atoms with Gasteiger partial charge in [0.2, 0.25) is 0 Å². The number of hydrogen-bond donors (Lipinski definition) is 2. The summed E-state index contributed by atoms with van der Waals surface area (Å²) in [4.78, 5) is 0. The minimum Gasteiger partial charge on any atom is -0.354 e. The van der Waals surface area contributed by atoms with Crippen LogP contribution >= 0.6 is 0 Å². The van der Waals surface area contributed by atoms with Crippen LogP contribution in [0.25, 0.3) is 0 Å². The molecule has 1 aliphatic heterocycles. The van der Waals surface area contributed by atoms with Crippen LogP contribution in [0.15, 0.2) is 24.3 Å². The fourth-order valence-corrected chi connectivity index (χ4v) is 1.26. The highest BCUT2D eigenvalue weighted by atomic mass is 16.6. The maximum Gasteiger partial charge on any atom is 0.145 e. The average Bonchev–Trinajstić information content (AvgIpc) is 2.61. The first-order valence-corrected chi connectivity index (χ1v) is 3.31. The van der Waals surface area contributed by atoms with E-state index < -0.39 is 6.17 Å². The van der Waals surface area contributed by atoms with Crippen molar-refractivity contribution < 1.29 is 4.74 Å². The number of epoxide rings is 1. The number of allylic oxidation sites excluding steroid dienone is 2. The summed E-state index contributed by atoms with van der Waals surface area (Å²) in [5.74, 6) is 0. The molecule has 1 saturated heterocycles. The largest absolute Gasteiger partial charge is 0.354 e. The second-order valence-corrected chi connectivity index (χ2v) is 2.66. The van der Waals surface area contributed by atoms with E-state index in [2.05, 4.69) is 0 Å². The minimum atomic E-state index is -0.404. The fraction of sp³-hybridized carbons (Fsp3) is 0.429. The topological polar surface area (TPSA) is 64.6 Å². The van der Waals surface area contributed by atoms with E-state index >= 15 is 0 Å². The molecular weight excluding hydrogens is 128 g/mol. The zero-order chi connectivity index (χ0) is 7.19. The minimum absolute atomic E-state index is 0.123. The van der Waals surface area contributed by atoms with Gasteiger partial charge in [0, 0.05) is 0 Å². The van der Waals surface area contributed by atoms with Gasteiger partial charge in [0.25, 0.3) is 0 Å². The number of hydrogen-bond acceptors (Lipinski definition) is 3. The first kappa shape index (κ1) is 6.09. The zero-order valence-corrected chi connectivity index (χ0v) is 5.53. The summed E-state index contributed by atoms with van der Waals surface area (Å²) in [5, 5.41) is 0. The van der Waals surface area contributed by atoms with Gasteiger partial charge in [-0.3, -0.25) is 0 Å². The van der Waals surface area contributed by atoms with Crippen molar-refractivity contribution in [1.82, 2.24) is 0 Å². The number of fused-ring (bicyclic) bond motifs is 1. The molecule has 2 rings (SSSR count). The molecule has 3 heteroatoms. The Kier molecular flexibility index (Phi) is 1.03. The Hall–Kier alpha value is -0.640. The predicted octanol–water partition coefficient (Wildman–Crippen LogP) is -0.506. The van der Waals surface area contributed by atoms with Gasteiger partial charge in [0.05, 0.1) is 6.17 Å². The molecule has 10 heavy (non-hydrogen) atoms. The lowest BCUT2D eigenvalue weighted by Crippen LogP contribution is -2.46. The normalized spacial score (nSPS) is 42.1. The van der Waals surface area contributed by atoms with Crippen LogP contribution < -0.4 is 11.5 Å². The van der Waals surface area contributed by atoms with Gasteiger partial charge in [-0.05, 0) is 6.08 Å². The van der Waals surface area contributed by atoms with Crippen molar-refractivity contribution in [3.05, 3.63) is 24.3 Å². The molecule has 0 radical (unpaired) electrons. The van der Waals surface area contributed by atoms with Crippen molar-refractivity contribution in [3.8, 4) is 0 Å². The summed E-state index contributed by atoms with van der Waals surface area (Å²) in [7, 11) is 0. The summed E-state index contributed by atoms with van der Waals surface area (Å²) < 4.78 is 5.30. The van der Waals surface area contributed by atoms with Gasteiger partial charge in [-0.25, -0.2) is 0 Å². The first-order valence-electron chi connectivity index (χ1n) is 3.31. The molecule has 0 bridgehead atoms. The standard InChI is InChI=1S/C7H10N2O/c8-6(9)7-4-2-1-3-5(7)10-7/h1-6H,8-9H2. The quantitative estimate of drug-likeness (QED) is 0.379. The van der Waals surface area contributed by atoms with E-state index in [9.17, 15) is 0 Å². The van der Waals surface area contributed by atoms with E-state index in [0.717, 1.165) is 0 Å². The highest BCUT2D eigenvalue weighted by Crippen LogP contribution is 2.41. The molecule has 0 aromatic heterocycles. The van der Waals surface area contributed by atoms with Gasteiger partial charge in [0.1, 0.15) is 11.7 Å². The van der Waals surface area contributed by atoms with Gasteiger partial charge < -0.3 is 16.2 Å². The van der Waals surface area contributed by atoms with Gasteiger partial charge in [-0.1, -0.05) is 18.2 Å². The smallest absolute Gasteiger partial charge is 0.145 e. The monoisotopic (exact) mass is 138 g/mol. The Morgan fingerprint density at radius 2 is 2.20 bits per heavy atom. The van der Waals surface area contributed by atoms with Crippen LogP contribution in [0.1, 0.15) is 0 Å². The third-order valence-corrected chi connectivity index (χ3v) is 1.99. The highest BCUT2D eigenvalue weighted by molar-refractivity contribution is 5.33. The Balaban J connectivity index is 2.23. The molecule has 4 N–H and O–H groups in total. The third kappa shape index (κ3) is 0.595. The van der Waals surface area contributed by atoms with Crippen LogP contribution in [-0.2, 0) is 4.74 Å². The summed E-state index contributed by atoms with van der Waals surface area (Å²) in [6, 6.07) is 0. The molecule has 0 aromatic rings. The van der Waals surface area contributed by atoms with Crippen LogP contribution in [0.4, 0.5) is 0 Å². The molecule has 3 nitrogen and oxygen atoms in total. The Labute approximate surface area is 59.3 Å². The summed E-state index contributed by atoms with van der Waals surface area (Å²) >= 11 is 0. The van der Waals surface area contributed by atoms with Crippen molar-refractivity contribution in [1.29, 1.82) is 0 Å². The molecule has 0 aromatic carbocycles. The van der Waals surface area contributed by atoms with Gasteiger partial charge in [0.15, 0.2) is 0 Å². The third-order valence-electron chi connectivity index (χ3n) is 1.99. The highest BCUT2D eigenvalue weighted by Gasteiger charge is 2.57. The lowest BCUT2D eigenvalue weighted by Gasteiger charge is -2.12. The fourth-order valence-electron chi connectivity index (χ4n) is 1.26. The molecule has 0 spiro atoms. The Bertz CT molecular complexity index is 210. The maximum atomic E-state index is 5.51. The molecule has 2 atom stereocenters. The Morgan fingerprint density at radius 3 is 2.70 bits per heavy atom. The van der Waals surface area contributed by atoms with Crippen LogP contribution in [0.3, 0.4) is 0 Å². The second kappa shape index (κ2) is 1.69. The van der Waals surface area contributed by atoms with Crippen molar-refractivity contribution in [3.63, 3.8) is 0 Å². The molecule has 0 amide bonds. The van der Waals surface area contributed by atoms with Gasteiger partial charge >= 0.3 is 0 Å². The maximum absolute atomic E-state index is 5.51. The van der Waals surface area contributed by atoms with Crippen molar-refractivity contribution in [2.75, 3.05) is 0 Å². The van der Waals surface area contributed by atoms with Crippen LogP contribution in [0.2, 0.25) is 0 Å². The number of rotatable bonds is 1. The molecule has 1 heterocycles. The average molecular weight is 138 g/mol. The Morgan fingerprint density at radius 1 is 1.40 bits per heavy atom. The first-order chi connectivity index (χ1) is 4.76. The molecule has 1 aliphatic carbocycles. The molecule has 1 fully saturated rings. The summed E-state index contributed by atoms with van der Waals surface area (Å²) in [6.45, 7) is 0. The second-order valence-electron chi connectivity index (χ2n) is 2.66.